The number of halogens is 2. The summed E-state index contributed by atoms with van der Waals surface area (Å²) in [6, 6.07) is 10.1. The van der Waals surface area contributed by atoms with Crippen molar-refractivity contribution in [2.24, 2.45) is 0 Å². The molecule has 1 aromatic carbocycles. The number of hydrogen-bond acceptors (Lipinski definition) is 2. The molecule has 2 nitrogen and oxygen atoms in total. The van der Waals surface area contributed by atoms with E-state index in [2.05, 4.69) is 32.8 Å². The van der Waals surface area contributed by atoms with Gasteiger partial charge in [-0.2, -0.15) is 0 Å². The fourth-order valence-electron chi connectivity index (χ4n) is 1.65. The molecule has 0 bridgehead atoms. The van der Waals surface area contributed by atoms with E-state index in [0.717, 1.165) is 6.42 Å². The van der Waals surface area contributed by atoms with Crippen molar-refractivity contribution in [3.8, 4) is 0 Å². The van der Waals surface area contributed by atoms with E-state index >= 15 is 0 Å². The Hall–Kier alpha value is -0.540. The van der Waals surface area contributed by atoms with Crippen LogP contribution in [0, 0.1) is 0 Å². The van der Waals surface area contributed by atoms with Crippen LogP contribution in [0.5, 0.6) is 0 Å². The van der Waals surface area contributed by atoms with Gasteiger partial charge >= 0.3 is 5.97 Å². The van der Waals surface area contributed by atoms with Crippen LogP contribution in [0.2, 0.25) is 0 Å². The van der Waals surface area contributed by atoms with Crippen LogP contribution in [0.4, 0.5) is 0 Å². The molecule has 0 aliphatic heterocycles. The van der Waals surface area contributed by atoms with E-state index in [0.29, 0.717) is 6.42 Å². The van der Waals surface area contributed by atoms with Crippen LogP contribution in [0.1, 0.15) is 18.9 Å². The zero-order chi connectivity index (χ0) is 12.9. The first-order chi connectivity index (χ1) is 7.95. The zero-order valence-corrected chi connectivity index (χ0v) is 12.3. The highest BCUT2D eigenvalue weighted by molar-refractivity contribution is 9.09. The van der Waals surface area contributed by atoms with E-state index in [-0.39, 0.29) is 4.83 Å². The first kappa shape index (κ1) is 14.5. The van der Waals surface area contributed by atoms with E-state index in [1.165, 1.54) is 12.7 Å². The molecule has 1 rings (SSSR count). The Labute approximate surface area is 115 Å². The molecule has 4 heteroatoms. The quantitative estimate of drug-likeness (QED) is 0.613. The number of esters is 1. The summed E-state index contributed by atoms with van der Waals surface area (Å²) in [6.45, 7) is 1.68. The second kappa shape index (κ2) is 6.41. The number of ether oxygens (including phenoxy) is 1. The predicted molar refractivity (Wildman–Crippen MR) is 73.8 cm³/mol. The maximum absolute atomic E-state index is 11.4. The first-order valence-electron chi connectivity index (χ1n) is 5.41. The average Bonchev–Trinajstić information content (AvgIpc) is 2.28. The van der Waals surface area contributed by atoms with E-state index in [4.69, 9.17) is 11.6 Å². The van der Waals surface area contributed by atoms with Crippen molar-refractivity contribution in [1.82, 2.24) is 0 Å². The summed E-state index contributed by atoms with van der Waals surface area (Å²) in [7, 11) is 1.35. The van der Waals surface area contributed by atoms with Crippen molar-refractivity contribution < 1.29 is 9.53 Å². The van der Waals surface area contributed by atoms with Crippen molar-refractivity contribution in [3.63, 3.8) is 0 Å². The van der Waals surface area contributed by atoms with Crippen LogP contribution >= 0.6 is 27.5 Å². The third-order valence-electron chi connectivity index (χ3n) is 2.52. The Bertz CT molecular complexity index is 365. The molecule has 0 radical (unpaired) electrons. The van der Waals surface area contributed by atoms with Gasteiger partial charge in [0.1, 0.15) is 4.87 Å². The number of benzene rings is 1. The lowest BCUT2D eigenvalue weighted by Crippen LogP contribution is -2.33. The maximum Gasteiger partial charge on any atom is 0.326 e. The highest BCUT2D eigenvalue weighted by Gasteiger charge is 2.33. The van der Waals surface area contributed by atoms with Crippen LogP contribution in [0.25, 0.3) is 0 Å². The van der Waals surface area contributed by atoms with Gasteiger partial charge in [-0.3, -0.25) is 4.79 Å². The maximum atomic E-state index is 11.4. The molecule has 94 valence electrons. The lowest BCUT2D eigenvalue weighted by molar-refractivity contribution is -0.143. The predicted octanol–water partition coefficient (Wildman–Crippen LogP) is 3.55. The minimum Gasteiger partial charge on any atom is -0.468 e. The number of carbonyl (C=O) groups excluding carboxylic acids is 1. The molecule has 0 spiro atoms. The van der Waals surface area contributed by atoms with Crippen molar-refractivity contribution in [2.45, 2.75) is 29.5 Å². The molecular formula is C13H16BrClO2. The SMILES string of the molecule is COC(=O)C(C)(Cl)CC(Br)Cc1ccccc1. The molecule has 0 heterocycles. The summed E-state index contributed by atoms with van der Waals surface area (Å²) in [5, 5.41) is 0. The van der Waals surface area contributed by atoms with Gasteiger partial charge in [0.15, 0.2) is 0 Å². The molecular weight excluding hydrogens is 303 g/mol. The number of rotatable bonds is 5. The summed E-state index contributed by atoms with van der Waals surface area (Å²) < 4.78 is 4.67. The smallest absolute Gasteiger partial charge is 0.326 e. The largest absolute Gasteiger partial charge is 0.468 e. The second-order valence-electron chi connectivity index (χ2n) is 4.18. The molecule has 2 unspecified atom stereocenters. The zero-order valence-electron chi connectivity index (χ0n) is 9.95. The minimum absolute atomic E-state index is 0.145. The average molecular weight is 320 g/mol. The molecule has 0 saturated heterocycles. The molecule has 0 aromatic heterocycles. The third-order valence-corrected chi connectivity index (χ3v) is 3.47. The molecule has 0 fully saturated rings. The Morgan fingerprint density at radius 3 is 2.59 bits per heavy atom. The Kier molecular flexibility index (Phi) is 5.47. The fraction of sp³-hybridized carbons (Fsp3) is 0.462. The van der Waals surface area contributed by atoms with Gasteiger partial charge in [-0.25, -0.2) is 0 Å². The van der Waals surface area contributed by atoms with Crippen LogP contribution in [-0.4, -0.2) is 22.8 Å². The first-order valence-corrected chi connectivity index (χ1v) is 6.70. The topological polar surface area (TPSA) is 26.3 Å². The number of hydrogen-bond donors (Lipinski definition) is 0. The molecule has 1 aromatic rings. The summed E-state index contributed by atoms with van der Waals surface area (Å²) in [5.41, 5.74) is 1.21. The van der Waals surface area contributed by atoms with E-state index in [9.17, 15) is 4.79 Å². The van der Waals surface area contributed by atoms with Gasteiger partial charge in [0.2, 0.25) is 0 Å². The van der Waals surface area contributed by atoms with Crippen molar-refractivity contribution >= 4 is 33.5 Å². The van der Waals surface area contributed by atoms with Gasteiger partial charge < -0.3 is 4.74 Å². The van der Waals surface area contributed by atoms with Crippen LogP contribution in [0.3, 0.4) is 0 Å². The van der Waals surface area contributed by atoms with Gasteiger partial charge in [0, 0.05) is 4.83 Å². The Morgan fingerprint density at radius 1 is 1.47 bits per heavy atom. The van der Waals surface area contributed by atoms with Gasteiger partial charge in [-0.15, -0.1) is 11.6 Å². The van der Waals surface area contributed by atoms with Crippen LogP contribution in [0.15, 0.2) is 30.3 Å². The van der Waals surface area contributed by atoms with E-state index in [1.54, 1.807) is 6.92 Å². The number of alkyl halides is 2. The van der Waals surface area contributed by atoms with Crippen LogP contribution < -0.4 is 0 Å². The minimum atomic E-state index is -0.975. The third kappa shape index (κ3) is 4.68. The second-order valence-corrected chi connectivity index (χ2v) is 6.31. The van der Waals surface area contributed by atoms with Crippen molar-refractivity contribution in [3.05, 3.63) is 35.9 Å². The highest BCUT2D eigenvalue weighted by Crippen LogP contribution is 2.27. The monoisotopic (exact) mass is 318 g/mol. The summed E-state index contributed by atoms with van der Waals surface area (Å²) in [6.07, 6.45) is 1.36. The van der Waals surface area contributed by atoms with E-state index in [1.807, 2.05) is 18.2 Å². The Balaban J connectivity index is 2.55. The van der Waals surface area contributed by atoms with Crippen molar-refractivity contribution in [1.29, 1.82) is 0 Å². The lowest BCUT2D eigenvalue weighted by atomic mass is 10.0. The number of methoxy groups -OCH3 is 1. The summed E-state index contributed by atoms with van der Waals surface area (Å²) in [5.74, 6) is -0.392. The van der Waals surface area contributed by atoms with Gasteiger partial charge in [0.05, 0.1) is 7.11 Å². The molecule has 0 aliphatic rings. The molecule has 0 aliphatic carbocycles. The number of carbonyl (C=O) groups is 1. The molecule has 0 saturated carbocycles. The summed E-state index contributed by atoms with van der Waals surface area (Å²) >= 11 is 9.70. The highest BCUT2D eigenvalue weighted by atomic mass is 79.9. The summed E-state index contributed by atoms with van der Waals surface area (Å²) in [4.78, 5) is 10.6. The molecule has 17 heavy (non-hydrogen) atoms. The van der Waals surface area contributed by atoms with Crippen molar-refractivity contribution in [2.75, 3.05) is 7.11 Å². The Morgan fingerprint density at radius 2 is 2.06 bits per heavy atom. The standard InChI is InChI=1S/C13H16BrClO2/c1-13(15,12(16)17-2)9-11(14)8-10-6-4-3-5-7-10/h3-7,11H,8-9H2,1-2H3. The van der Waals surface area contributed by atoms with Crippen LogP contribution in [-0.2, 0) is 16.0 Å². The van der Waals surface area contributed by atoms with Gasteiger partial charge in [-0.05, 0) is 25.3 Å². The molecule has 0 N–H and O–H groups in total. The molecule has 2 atom stereocenters. The van der Waals surface area contributed by atoms with Gasteiger partial charge in [-0.1, -0.05) is 46.3 Å². The normalized spacial score (nSPS) is 16.0. The fourth-order valence-corrected chi connectivity index (χ4v) is 3.13. The lowest BCUT2D eigenvalue weighted by Gasteiger charge is -2.22. The van der Waals surface area contributed by atoms with E-state index < -0.39 is 10.8 Å². The van der Waals surface area contributed by atoms with Gasteiger partial charge in [0.25, 0.3) is 0 Å². The molecule has 0 amide bonds.